The molecule has 2 bridgehead atoms. The van der Waals surface area contributed by atoms with Crippen LogP contribution in [-0.2, 0) is 5.75 Å². The van der Waals surface area contributed by atoms with E-state index < -0.39 is 0 Å². The highest BCUT2D eigenvalue weighted by Crippen LogP contribution is 2.36. The van der Waals surface area contributed by atoms with E-state index in [9.17, 15) is 0 Å². The molecule has 3 atom stereocenters. The van der Waals surface area contributed by atoms with Crippen molar-refractivity contribution in [3.63, 3.8) is 0 Å². The Morgan fingerprint density at radius 1 is 1.19 bits per heavy atom. The van der Waals surface area contributed by atoms with E-state index in [0.717, 1.165) is 23.8 Å². The molecule has 1 saturated carbocycles. The van der Waals surface area contributed by atoms with Crippen LogP contribution in [0.15, 0.2) is 30.3 Å². The van der Waals surface area contributed by atoms with Crippen LogP contribution in [0.4, 0.5) is 0 Å². The molecule has 0 amide bonds. The molecule has 1 heterocycles. The van der Waals surface area contributed by atoms with Crippen LogP contribution < -0.4 is 5.32 Å². The Labute approximate surface area is 102 Å². The number of hydrogen-bond donors (Lipinski definition) is 1. The van der Waals surface area contributed by atoms with Gasteiger partial charge in [-0.15, -0.1) is 0 Å². The molecule has 1 aliphatic carbocycles. The molecular formula is C14H19NS. The third-order valence-corrected chi connectivity index (χ3v) is 5.03. The number of thioether (sulfide) groups is 1. The third kappa shape index (κ3) is 2.28. The molecule has 3 rings (SSSR count). The van der Waals surface area contributed by atoms with Crippen molar-refractivity contribution in [2.24, 2.45) is 5.92 Å². The maximum atomic E-state index is 3.76. The van der Waals surface area contributed by atoms with E-state index in [2.05, 4.69) is 47.4 Å². The van der Waals surface area contributed by atoms with E-state index >= 15 is 0 Å². The first-order valence-electron chi connectivity index (χ1n) is 6.29. The largest absolute Gasteiger partial charge is 0.310 e. The van der Waals surface area contributed by atoms with Crippen molar-refractivity contribution < 1.29 is 0 Å². The second-order valence-corrected chi connectivity index (χ2v) is 6.07. The Balaban J connectivity index is 1.44. The first-order chi connectivity index (χ1) is 7.92. The number of benzene rings is 1. The molecule has 86 valence electrons. The predicted molar refractivity (Wildman–Crippen MR) is 70.7 cm³/mol. The molecular weight excluding hydrogens is 214 g/mol. The van der Waals surface area contributed by atoms with Crippen molar-refractivity contribution in [2.75, 3.05) is 5.75 Å². The first kappa shape index (κ1) is 10.7. The van der Waals surface area contributed by atoms with Crippen LogP contribution in [0.5, 0.6) is 0 Å². The van der Waals surface area contributed by atoms with Crippen molar-refractivity contribution in [1.29, 1.82) is 0 Å². The number of nitrogens with one attached hydrogen (secondary N) is 1. The SMILES string of the molecule is c1ccc(CSC[C@@H]2N[C@H]3CC[C@@H]2C3)cc1. The summed E-state index contributed by atoms with van der Waals surface area (Å²) >= 11 is 2.08. The fourth-order valence-electron chi connectivity index (χ4n) is 3.03. The van der Waals surface area contributed by atoms with Gasteiger partial charge < -0.3 is 5.32 Å². The highest BCUT2D eigenvalue weighted by Gasteiger charge is 2.38. The minimum atomic E-state index is 0.799. The van der Waals surface area contributed by atoms with Gasteiger partial charge in [0.25, 0.3) is 0 Å². The van der Waals surface area contributed by atoms with E-state index in [1.807, 2.05) is 0 Å². The summed E-state index contributed by atoms with van der Waals surface area (Å²) < 4.78 is 0. The normalized spacial score (nSPS) is 32.1. The summed E-state index contributed by atoms with van der Waals surface area (Å²) in [6.45, 7) is 0. The third-order valence-electron chi connectivity index (χ3n) is 3.90. The number of piperidine rings is 1. The second-order valence-electron chi connectivity index (χ2n) is 5.04. The molecule has 1 aromatic carbocycles. The van der Waals surface area contributed by atoms with Crippen molar-refractivity contribution in [1.82, 2.24) is 5.32 Å². The van der Waals surface area contributed by atoms with Crippen LogP contribution in [0, 0.1) is 5.92 Å². The Morgan fingerprint density at radius 2 is 2.06 bits per heavy atom. The fraction of sp³-hybridized carbons (Fsp3) is 0.571. The topological polar surface area (TPSA) is 12.0 Å². The molecule has 1 nitrogen and oxygen atoms in total. The van der Waals surface area contributed by atoms with E-state index in [1.54, 1.807) is 0 Å². The Bertz CT molecular complexity index is 338. The molecule has 16 heavy (non-hydrogen) atoms. The van der Waals surface area contributed by atoms with Gasteiger partial charge in [0, 0.05) is 23.6 Å². The number of hydrogen-bond acceptors (Lipinski definition) is 2. The lowest BCUT2D eigenvalue weighted by Gasteiger charge is -2.22. The zero-order valence-corrected chi connectivity index (χ0v) is 10.4. The average Bonchev–Trinajstić information content (AvgIpc) is 2.92. The highest BCUT2D eigenvalue weighted by molar-refractivity contribution is 7.98. The summed E-state index contributed by atoms with van der Waals surface area (Å²) in [4.78, 5) is 0. The summed E-state index contributed by atoms with van der Waals surface area (Å²) in [5.74, 6) is 3.43. The van der Waals surface area contributed by atoms with Gasteiger partial charge in [-0.2, -0.15) is 11.8 Å². The maximum Gasteiger partial charge on any atom is 0.0189 e. The monoisotopic (exact) mass is 233 g/mol. The van der Waals surface area contributed by atoms with Crippen molar-refractivity contribution >= 4 is 11.8 Å². The van der Waals surface area contributed by atoms with E-state index in [0.29, 0.717) is 0 Å². The van der Waals surface area contributed by atoms with Crippen LogP contribution in [0.1, 0.15) is 24.8 Å². The van der Waals surface area contributed by atoms with Gasteiger partial charge in [-0.3, -0.25) is 0 Å². The quantitative estimate of drug-likeness (QED) is 0.858. The minimum absolute atomic E-state index is 0.799. The number of fused-ring (bicyclic) bond motifs is 2. The summed E-state index contributed by atoms with van der Waals surface area (Å²) in [6, 6.07) is 12.4. The lowest BCUT2D eigenvalue weighted by molar-refractivity contribution is 0.410. The molecule has 2 heteroatoms. The van der Waals surface area contributed by atoms with Gasteiger partial charge in [-0.25, -0.2) is 0 Å². The van der Waals surface area contributed by atoms with Crippen molar-refractivity contribution in [2.45, 2.75) is 37.1 Å². The summed E-state index contributed by atoms with van der Waals surface area (Å²) in [6.07, 6.45) is 4.33. The minimum Gasteiger partial charge on any atom is -0.310 e. The van der Waals surface area contributed by atoms with Gasteiger partial charge in [0.2, 0.25) is 0 Å². The van der Waals surface area contributed by atoms with Gasteiger partial charge in [0.15, 0.2) is 0 Å². The van der Waals surface area contributed by atoms with Crippen LogP contribution in [0.2, 0.25) is 0 Å². The van der Waals surface area contributed by atoms with Crippen LogP contribution >= 0.6 is 11.8 Å². The van der Waals surface area contributed by atoms with E-state index in [4.69, 9.17) is 0 Å². The molecule has 0 unspecified atom stereocenters. The zero-order chi connectivity index (χ0) is 10.8. The zero-order valence-electron chi connectivity index (χ0n) is 9.56. The molecule has 1 aromatic rings. The Morgan fingerprint density at radius 3 is 2.75 bits per heavy atom. The van der Waals surface area contributed by atoms with Gasteiger partial charge in [0.1, 0.15) is 0 Å². The van der Waals surface area contributed by atoms with Gasteiger partial charge in [-0.05, 0) is 30.7 Å². The molecule has 1 saturated heterocycles. The first-order valence-corrected chi connectivity index (χ1v) is 7.45. The fourth-order valence-corrected chi connectivity index (χ4v) is 4.20. The summed E-state index contributed by atoms with van der Waals surface area (Å²) in [7, 11) is 0. The molecule has 0 spiro atoms. The standard InChI is InChI=1S/C14H19NS/c1-2-4-11(5-3-1)9-16-10-14-12-6-7-13(8-12)15-14/h1-5,12-15H,6-10H2/t12-,13+,14+/m1/s1. The van der Waals surface area contributed by atoms with Crippen molar-refractivity contribution in [3.8, 4) is 0 Å². The lowest BCUT2D eigenvalue weighted by Crippen LogP contribution is -2.37. The van der Waals surface area contributed by atoms with Gasteiger partial charge in [-0.1, -0.05) is 30.3 Å². The predicted octanol–water partition coefficient (Wildman–Crippen LogP) is 3.06. The van der Waals surface area contributed by atoms with Crippen LogP contribution in [0.25, 0.3) is 0 Å². The van der Waals surface area contributed by atoms with Crippen molar-refractivity contribution in [3.05, 3.63) is 35.9 Å². The van der Waals surface area contributed by atoms with Crippen LogP contribution in [0.3, 0.4) is 0 Å². The van der Waals surface area contributed by atoms with E-state index in [-0.39, 0.29) is 0 Å². The van der Waals surface area contributed by atoms with Crippen LogP contribution in [-0.4, -0.2) is 17.8 Å². The Kier molecular flexibility index (Phi) is 3.20. The summed E-state index contributed by atoms with van der Waals surface area (Å²) in [5.41, 5.74) is 1.45. The summed E-state index contributed by atoms with van der Waals surface area (Å²) in [5, 5.41) is 3.76. The van der Waals surface area contributed by atoms with E-state index in [1.165, 1.54) is 30.6 Å². The molecule has 0 aromatic heterocycles. The van der Waals surface area contributed by atoms with Gasteiger partial charge in [0.05, 0.1) is 0 Å². The molecule has 1 aliphatic heterocycles. The molecule has 2 fully saturated rings. The average molecular weight is 233 g/mol. The molecule has 1 N–H and O–H groups in total. The smallest absolute Gasteiger partial charge is 0.0189 e. The van der Waals surface area contributed by atoms with Gasteiger partial charge >= 0.3 is 0 Å². The molecule has 2 aliphatic rings. The highest BCUT2D eigenvalue weighted by atomic mass is 32.2. The Hall–Kier alpha value is -0.470. The lowest BCUT2D eigenvalue weighted by atomic mass is 10.0. The number of rotatable bonds is 4. The molecule has 0 radical (unpaired) electrons. The maximum absolute atomic E-state index is 3.76. The second kappa shape index (κ2) is 4.80.